The van der Waals surface area contributed by atoms with Crippen molar-refractivity contribution in [2.75, 3.05) is 18.0 Å². The van der Waals surface area contributed by atoms with E-state index < -0.39 is 36.0 Å². The number of imidazole rings is 1. The van der Waals surface area contributed by atoms with Crippen LogP contribution in [0, 0.1) is 0 Å². The fourth-order valence-corrected chi connectivity index (χ4v) is 2.97. The lowest BCUT2D eigenvalue weighted by atomic mass is 10.1. The zero-order chi connectivity index (χ0) is 19.8. The Kier molecular flexibility index (Phi) is 4.77. The highest BCUT2D eigenvalue weighted by Gasteiger charge is 2.41. The van der Waals surface area contributed by atoms with Crippen LogP contribution in [0.4, 0.5) is 10.6 Å². The molecule has 1 unspecified atom stereocenters. The normalized spacial score (nSPS) is 18.0. The van der Waals surface area contributed by atoms with Crippen LogP contribution < -0.4 is 4.90 Å². The first kappa shape index (κ1) is 18.7. The highest BCUT2D eigenvalue weighted by Crippen LogP contribution is 2.23. The second-order valence-corrected chi connectivity index (χ2v) is 7.34. The topological polar surface area (TPSA) is 104 Å². The van der Waals surface area contributed by atoms with E-state index >= 15 is 0 Å². The number of hydrogen-bond donors (Lipinski definition) is 1. The van der Waals surface area contributed by atoms with Gasteiger partial charge in [-0.05, 0) is 32.9 Å². The number of fused-ring (bicyclic) bond motifs is 1. The van der Waals surface area contributed by atoms with Crippen LogP contribution in [0.15, 0.2) is 30.6 Å². The second-order valence-electron chi connectivity index (χ2n) is 7.34. The van der Waals surface area contributed by atoms with E-state index in [0.29, 0.717) is 11.5 Å². The Balaban J connectivity index is 1.87. The first-order valence-corrected chi connectivity index (χ1v) is 8.62. The summed E-state index contributed by atoms with van der Waals surface area (Å²) in [6.07, 6.45) is 2.31. The van der Waals surface area contributed by atoms with Crippen LogP contribution in [0.2, 0.25) is 0 Å². The summed E-state index contributed by atoms with van der Waals surface area (Å²) in [4.78, 5) is 43.7. The molecule has 1 aliphatic rings. The third kappa shape index (κ3) is 4.02. The minimum atomic E-state index is -1.17. The standard InChI is InChI=1S/C18H22N4O5/c1-18(2,3)27-17(26)21-8-9-22(16(25)12(21)10-15(23)24)14-11-20-7-5-4-6-13(20)19-14/h4-7,11-12H,8-10H2,1-3H3,(H,23,24). The number of amides is 2. The van der Waals surface area contributed by atoms with E-state index in [2.05, 4.69) is 4.98 Å². The number of aromatic nitrogens is 2. The zero-order valence-electron chi connectivity index (χ0n) is 15.5. The zero-order valence-corrected chi connectivity index (χ0v) is 15.5. The quantitative estimate of drug-likeness (QED) is 0.878. The molecule has 1 saturated heterocycles. The molecule has 0 saturated carbocycles. The summed E-state index contributed by atoms with van der Waals surface area (Å²) < 4.78 is 7.10. The van der Waals surface area contributed by atoms with Crippen molar-refractivity contribution in [3.63, 3.8) is 0 Å². The Labute approximate surface area is 156 Å². The van der Waals surface area contributed by atoms with Crippen molar-refractivity contribution in [3.8, 4) is 0 Å². The van der Waals surface area contributed by atoms with Crippen molar-refractivity contribution < 1.29 is 24.2 Å². The average molecular weight is 374 g/mol. The molecule has 3 rings (SSSR count). The van der Waals surface area contributed by atoms with Gasteiger partial charge in [0.25, 0.3) is 5.91 Å². The van der Waals surface area contributed by atoms with E-state index in [0.717, 1.165) is 0 Å². The van der Waals surface area contributed by atoms with Gasteiger partial charge in [0, 0.05) is 19.3 Å². The van der Waals surface area contributed by atoms with Gasteiger partial charge in [-0.15, -0.1) is 0 Å². The van der Waals surface area contributed by atoms with Gasteiger partial charge in [0.1, 0.15) is 17.3 Å². The van der Waals surface area contributed by atoms with E-state index in [1.54, 1.807) is 37.4 Å². The Morgan fingerprint density at radius 2 is 2.04 bits per heavy atom. The van der Waals surface area contributed by atoms with E-state index in [9.17, 15) is 19.5 Å². The highest BCUT2D eigenvalue weighted by molar-refractivity contribution is 6.01. The molecule has 9 heteroatoms. The molecule has 0 spiro atoms. The Hall–Kier alpha value is -3.10. The summed E-state index contributed by atoms with van der Waals surface area (Å²) in [6, 6.07) is 4.34. The molecule has 2 amide bonds. The molecule has 2 aromatic heterocycles. The largest absolute Gasteiger partial charge is 0.481 e. The molecule has 144 valence electrons. The average Bonchev–Trinajstić information content (AvgIpc) is 2.98. The second kappa shape index (κ2) is 6.90. The number of carboxylic acid groups (broad SMARTS) is 1. The van der Waals surface area contributed by atoms with Crippen LogP contribution in [0.3, 0.4) is 0 Å². The van der Waals surface area contributed by atoms with Gasteiger partial charge in [-0.1, -0.05) is 6.07 Å². The lowest BCUT2D eigenvalue weighted by Crippen LogP contribution is -2.60. The lowest BCUT2D eigenvalue weighted by molar-refractivity contribution is -0.141. The summed E-state index contributed by atoms with van der Waals surface area (Å²) >= 11 is 0. The molecule has 2 aromatic rings. The van der Waals surface area contributed by atoms with E-state index in [1.807, 2.05) is 18.3 Å². The molecular formula is C18H22N4O5. The molecule has 3 heterocycles. The summed E-state index contributed by atoms with van der Waals surface area (Å²) in [5.41, 5.74) is -0.0724. The number of aliphatic carboxylic acids is 1. The van der Waals surface area contributed by atoms with Crippen molar-refractivity contribution >= 4 is 29.4 Å². The molecule has 1 aliphatic heterocycles. The van der Waals surface area contributed by atoms with Crippen LogP contribution in [-0.4, -0.2) is 62.1 Å². The fraction of sp³-hybridized carbons (Fsp3) is 0.444. The first-order chi connectivity index (χ1) is 12.7. The Morgan fingerprint density at radius 1 is 1.30 bits per heavy atom. The van der Waals surface area contributed by atoms with Gasteiger partial charge in [0.2, 0.25) is 0 Å². The van der Waals surface area contributed by atoms with Crippen LogP contribution in [-0.2, 0) is 14.3 Å². The molecule has 0 aromatic carbocycles. The first-order valence-electron chi connectivity index (χ1n) is 8.62. The summed E-state index contributed by atoms with van der Waals surface area (Å²) in [6.45, 7) is 5.51. The van der Waals surface area contributed by atoms with Crippen LogP contribution in [0.25, 0.3) is 5.65 Å². The SMILES string of the molecule is CC(C)(C)OC(=O)N1CCN(c2cn3ccccc3n2)C(=O)C1CC(=O)O. The number of carbonyl (C=O) groups is 3. The Bertz CT molecular complexity index is 852. The van der Waals surface area contributed by atoms with Crippen molar-refractivity contribution in [3.05, 3.63) is 30.6 Å². The van der Waals surface area contributed by atoms with Gasteiger partial charge in [-0.2, -0.15) is 0 Å². The number of rotatable bonds is 3. The molecule has 0 bridgehead atoms. The minimum Gasteiger partial charge on any atom is -0.481 e. The number of anilines is 1. The van der Waals surface area contributed by atoms with E-state index in [1.165, 1.54) is 9.80 Å². The van der Waals surface area contributed by atoms with Crippen molar-refractivity contribution in [1.82, 2.24) is 14.3 Å². The van der Waals surface area contributed by atoms with Gasteiger partial charge < -0.3 is 14.2 Å². The van der Waals surface area contributed by atoms with E-state index in [-0.39, 0.29) is 13.1 Å². The number of pyridine rings is 1. The third-order valence-electron chi connectivity index (χ3n) is 4.12. The number of carboxylic acids is 1. The van der Waals surface area contributed by atoms with Crippen LogP contribution in [0.1, 0.15) is 27.2 Å². The smallest absolute Gasteiger partial charge is 0.411 e. The monoisotopic (exact) mass is 374 g/mol. The molecule has 1 fully saturated rings. The lowest BCUT2D eigenvalue weighted by Gasteiger charge is -2.39. The number of ether oxygens (including phenoxy) is 1. The minimum absolute atomic E-state index is 0.159. The van der Waals surface area contributed by atoms with Crippen LogP contribution in [0.5, 0.6) is 0 Å². The maximum Gasteiger partial charge on any atom is 0.411 e. The maximum absolute atomic E-state index is 13.0. The fourth-order valence-electron chi connectivity index (χ4n) is 2.97. The summed E-state index contributed by atoms with van der Waals surface area (Å²) in [7, 11) is 0. The highest BCUT2D eigenvalue weighted by atomic mass is 16.6. The number of hydrogen-bond acceptors (Lipinski definition) is 5. The number of carbonyl (C=O) groups excluding carboxylic acids is 2. The number of piperazine rings is 1. The molecule has 1 atom stereocenters. The molecule has 27 heavy (non-hydrogen) atoms. The molecule has 1 N–H and O–H groups in total. The summed E-state index contributed by atoms with van der Waals surface area (Å²) in [5.74, 6) is -1.23. The van der Waals surface area contributed by atoms with Gasteiger partial charge in [0.15, 0.2) is 5.82 Å². The van der Waals surface area contributed by atoms with Gasteiger partial charge in [0.05, 0.1) is 12.6 Å². The van der Waals surface area contributed by atoms with Crippen LogP contribution >= 0.6 is 0 Å². The van der Waals surface area contributed by atoms with Crippen molar-refractivity contribution in [1.29, 1.82) is 0 Å². The predicted molar refractivity (Wildman–Crippen MR) is 96.5 cm³/mol. The van der Waals surface area contributed by atoms with Gasteiger partial charge in [-0.3, -0.25) is 19.4 Å². The number of nitrogens with zero attached hydrogens (tertiary/aromatic N) is 4. The summed E-state index contributed by atoms with van der Waals surface area (Å²) in [5, 5.41) is 9.22. The van der Waals surface area contributed by atoms with E-state index in [4.69, 9.17) is 4.74 Å². The molecule has 9 nitrogen and oxygen atoms in total. The van der Waals surface area contributed by atoms with Gasteiger partial charge in [-0.25, -0.2) is 9.78 Å². The maximum atomic E-state index is 13.0. The van der Waals surface area contributed by atoms with Gasteiger partial charge >= 0.3 is 12.1 Å². The molecule has 0 radical (unpaired) electrons. The molecular weight excluding hydrogens is 352 g/mol. The Morgan fingerprint density at radius 3 is 2.67 bits per heavy atom. The molecule has 0 aliphatic carbocycles. The third-order valence-corrected chi connectivity index (χ3v) is 4.12. The van der Waals surface area contributed by atoms with Crippen molar-refractivity contribution in [2.45, 2.75) is 38.8 Å². The predicted octanol–water partition coefficient (Wildman–Crippen LogP) is 1.76. The van der Waals surface area contributed by atoms with Crippen molar-refractivity contribution in [2.24, 2.45) is 0 Å².